The lowest BCUT2D eigenvalue weighted by Crippen LogP contribution is -2.11. The van der Waals surface area contributed by atoms with Gasteiger partial charge in [-0.25, -0.2) is 0 Å². The average Bonchev–Trinajstić information content (AvgIpc) is 3.35. The van der Waals surface area contributed by atoms with Gasteiger partial charge in [-0.05, 0) is 63.9 Å². The van der Waals surface area contributed by atoms with E-state index in [4.69, 9.17) is 4.42 Å². The molecule has 0 spiro atoms. The van der Waals surface area contributed by atoms with Crippen LogP contribution in [-0.2, 0) is 5.41 Å². The standard InChI is InChI=1S/C31H28OS/c1-18(2)21-10-8-11-22-24-15-19(13-14-26(24)32-30(21)22)20-16-25(31(3,4)5)29-23-9-6-7-12-27(23)33-28(29)17-20/h6-18H,1-5H3. The van der Waals surface area contributed by atoms with Crippen LogP contribution in [0.1, 0.15) is 51.7 Å². The third kappa shape index (κ3) is 3.20. The van der Waals surface area contributed by atoms with E-state index in [0.717, 1.165) is 11.2 Å². The fourth-order valence-corrected chi connectivity index (χ4v) is 6.24. The molecule has 0 atom stereocenters. The van der Waals surface area contributed by atoms with Crippen LogP contribution in [0.15, 0.2) is 77.2 Å². The summed E-state index contributed by atoms with van der Waals surface area (Å²) in [7, 11) is 0. The summed E-state index contributed by atoms with van der Waals surface area (Å²) in [4.78, 5) is 0. The first kappa shape index (κ1) is 20.5. The van der Waals surface area contributed by atoms with Gasteiger partial charge in [0.05, 0.1) is 0 Å². The van der Waals surface area contributed by atoms with E-state index in [2.05, 4.69) is 107 Å². The van der Waals surface area contributed by atoms with Crippen LogP contribution < -0.4 is 0 Å². The Morgan fingerprint density at radius 1 is 0.727 bits per heavy atom. The van der Waals surface area contributed by atoms with Gasteiger partial charge >= 0.3 is 0 Å². The van der Waals surface area contributed by atoms with Crippen molar-refractivity contribution in [3.05, 3.63) is 83.9 Å². The molecule has 0 aliphatic heterocycles. The molecular formula is C31H28OS. The predicted octanol–water partition coefficient (Wildman–Crippen LogP) is 10.0. The molecule has 2 aromatic heterocycles. The van der Waals surface area contributed by atoms with E-state index in [9.17, 15) is 0 Å². The van der Waals surface area contributed by atoms with Crippen molar-refractivity contribution in [1.29, 1.82) is 0 Å². The Morgan fingerprint density at radius 2 is 1.52 bits per heavy atom. The van der Waals surface area contributed by atoms with E-state index in [-0.39, 0.29) is 5.41 Å². The largest absolute Gasteiger partial charge is 0.456 e. The van der Waals surface area contributed by atoms with Gasteiger partial charge in [-0.15, -0.1) is 11.3 Å². The lowest BCUT2D eigenvalue weighted by molar-refractivity contribution is 0.596. The Balaban J connectivity index is 1.63. The van der Waals surface area contributed by atoms with Crippen LogP contribution in [-0.4, -0.2) is 0 Å². The van der Waals surface area contributed by atoms with Gasteiger partial charge in [0.15, 0.2) is 0 Å². The maximum atomic E-state index is 6.33. The molecule has 0 fully saturated rings. The predicted molar refractivity (Wildman–Crippen MR) is 145 cm³/mol. The number of hydrogen-bond acceptors (Lipinski definition) is 2. The minimum Gasteiger partial charge on any atom is -0.456 e. The van der Waals surface area contributed by atoms with Crippen LogP contribution in [0.25, 0.3) is 53.2 Å². The van der Waals surface area contributed by atoms with E-state index in [1.165, 1.54) is 53.2 Å². The van der Waals surface area contributed by atoms with Crippen molar-refractivity contribution in [2.24, 2.45) is 0 Å². The molecule has 2 heteroatoms. The molecule has 2 heterocycles. The van der Waals surface area contributed by atoms with Crippen LogP contribution in [0, 0.1) is 0 Å². The van der Waals surface area contributed by atoms with Crippen LogP contribution in [0.5, 0.6) is 0 Å². The summed E-state index contributed by atoms with van der Waals surface area (Å²) in [6.07, 6.45) is 0. The number of benzene rings is 4. The van der Waals surface area contributed by atoms with Gasteiger partial charge in [0.2, 0.25) is 0 Å². The third-order valence-corrected chi connectivity index (χ3v) is 7.89. The molecule has 6 rings (SSSR count). The number of furan rings is 1. The first-order chi connectivity index (χ1) is 15.8. The van der Waals surface area contributed by atoms with Crippen molar-refractivity contribution < 1.29 is 4.42 Å². The molecule has 33 heavy (non-hydrogen) atoms. The van der Waals surface area contributed by atoms with Crippen LogP contribution in [0.4, 0.5) is 0 Å². The zero-order chi connectivity index (χ0) is 22.9. The van der Waals surface area contributed by atoms with Crippen LogP contribution >= 0.6 is 11.3 Å². The second-order valence-corrected chi connectivity index (χ2v) is 11.5. The Labute approximate surface area is 198 Å². The van der Waals surface area contributed by atoms with Gasteiger partial charge in [0, 0.05) is 30.9 Å². The Morgan fingerprint density at radius 3 is 2.30 bits per heavy atom. The van der Waals surface area contributed by atoms with Gasteiger partial charge in [0.25, 0.3) is 0 Å². The normalized spacial score (nSPS) is 12.7. The summed E-state index contributed by atoms with van der Waals surface area (Å²) in [6, 6.07) is 26.8. The molecule has 0 unspecified atom stereocenters. The molecular weight excluding hydrogens is 420 g/mol. The summed E-state index contributed by atoms with van der Waals surface area (Å²) >= 11 is 1.90. The van der Waals surface area contributed by atoms with Gasteiger partial charge in [0.1, 0.15) is 11.2 Å². The Bertz CT molecular complexity index is 1670. The van der Waals surface area contributed by atoms with Gasteiger partial charge in [-0.3, -0.25) is 0 Å². The van der Waals surface area contributed by atoms with Crippen molar-refractivity contribution in [1.82, 2.24) is 0 Å². The summed E-state index contributed by atoms with van der Waals surface area (Å²) < 4.78 is 9.04. The van der Waals surface area contributed by atoms with Gasteiger partial charge in [-0.1, -0.05) is 77.1 Å². The number of para-hydroxylation sites is 1. The fourth-order valence-electron chi connectivity index (χ4n) is 5.07. The second-order valence-electron chi connectivity index (χ2n) is 10.4. The summed E-state index contributed by atoms with van der Waals surface area (Å²) in [6.45, 7) is 11.4. The zero-order valence-corrected chi connectivity index (χ0v) is 20.6. The Hall–Kier alpha value is -3.10. The van der Waals surface area contributed by atoms with Crippen LogP contribution in [0.3, 0.4) is 0 Å². The molecule has 0 amide bonds. The molecule has 0 bridgehead atoms. The summed E-state index contributed by atoms with van der Waals surface area (Å²) in [5.74, 6) is 0.429. The van der Waals surface area contributed by atoms with Crippen molar-refractivity contribution in [2.75, 3.05) is 0 Å². The number of rotatable bonds is 2. The fraction of sp³-hybridized carbons (Fsp3) is 0.226. The average molecular weight is 449 g/mol. The topological polar surface area (TPSA) is 13.1 Å². The van der Waals surface area contributed by atoms with E-state index in [1.807, 2.05) is 11.3 Å². The molecule has 0 aliphatic carbocycles. The third-order valence-electron chi connectivity index (χ3n) is 6.77. The molecule has 0 aliphatic rings. The zero-order valence-electron chi connectivity index (χ0n) is 19.8. The maximum Gasteiger partial charge on any atom is 0.138 e. The van der Waals surface area contributed by atoms with E-state index < -0.39 is 0 Å². The summed E-state index contributed by atoms with van der Waals surface area (Å²) in [5.41, 5.74) is 7.23. The highest BCUT2D eigenvalue weighted by Crippen LogP contribution is 2.43. The van der Waals surface area contributed by atoms with Gasteiger partial charge in [-0.2, -0.15) is 0 Å². The van der Waals surface area contributed by atoms with Crippen LogP contribution in [0.2, 0.25) is 0 Å². The SMILES string of the molecule is CC(C)c1cccc2c1oc1ccc(-c3cc(C(C)(C)C)c4c(c3)sc3ccccc34)cc12. The molecule has 1 nitrogen and oxygen atoms in total. The Kier molecular flexibility index (Phi) is 4.47. The number of thiophene rings is 1. The van der Waals surface area contributed by atoms with E-state index >= 15 is 0 Å². The maximum absolute atomic E-state index is 6.33. The molecule has 0 saturated heterocycles. The van der Waals surface area contributed by atoms with Crippen molar-refractivity contribution in [2.45, 2.75) is 46.0 Å². The minimum atomic E-state index is 0.0523. The summed E-state index contributed by atoms with van der Waals surface area (Å²) in [5, 5.41) is 5.17. The molecule has 164 valence electrons. The minimum absolute atomic E-state index is 0.0523. The molecule has 0 radical (unpaired) electrons. The monoisotopic (exact) mass is 448 g/mol. The first-order valence-corrected chi connectivity index (χ1v) is 12.5. The van der Waals surface area contributed by atoms with Gasteiger partial charge < -0.3 is 4.42 Å². The van der Waals surface area contributed by atoms with Crippen molar-refractivity contribution >= 4 is 53.4 Å². The lowest BCUT2D eigenvalue weighted by Gasteiger charge is -2.22. The van der Waals surface area contributed by atoms with E-state index in [0.29, 0.717) is 5.92 Å². The highest BCUT2D eigenvalue weighted by atomic mass is 32.1. The van der Waals surface area contributed by atoms with Crippen molar-refractivity contribution in [3.8, 4) is 11.1 Å². The molecule has 6 aromatic rings. The first-order valence-electron chi connectivity index (χ1n) is 11.7. The van der Waals surface area contributed by atoms with E-state index in [1.54, 1.807) is 0 Å². The number of fused-ring (bicyclic) bond motifs is 6. The van der Waals surface area contributed by atoms with Crippen molar-refractivity contribution in [3.63, 3.8) is 0 Å². The molecule has 0 saturated carbocycles. The lowest BCUT2D eigenvalue weighted by atomic mass is 9.82. The smallest absolute Gasteiger partial charge is 0.138 e. The second kappa shape index (κ2) is 7.20. The molecule has 0 N–H and O–H groups in total. The quantitative estimate of drug-likeness (QED) is 0.257. The highest BCUT2D eigenvalue weighted by Gasteiger charge is 2.22. The number of hydrogen-bond donors (Lipinski definition) is 0. The molecule has 4 aromatic carbocycles. The highest BCUT2D eigenvalue weighted by molar-refractivity contribution is 7.25.